The van der Waals surface area contributed by atoms with E-state index in [1.54, 1.807) is 0 Å². The topological polar surface area (TPSA) is 72.5 Å². The predicted molar refractivity (Wildman–Crippen MR) is 112 cm³/mol. The molecule has 5 nitrogen and oxygen atoms in total. The molecular formula is C21H41NO4S. The van der Waals surface area contributed by atoms with E-state index in [1.165, 1.54) is 77.0 Å². The fourth-order valence-electron chi connectivity index (χ4n) is 3.58. The maximum atomic E-state index is 11.6. The highest BCUT2D eigenvalue weighted by molar-refractivity contribution is 7.91. The number of unbranched alkanes of at least 4 members (excludes halogenated alkanes) is 13. The third kappa shape index (κ3) is 14.0. The lowest BCUT2D eigenvalue weighted by molar-refractivity contribution is 0.141. The second-order valence-electron chi connectivity index (χ2n) is 7.98. The number of nitrogens with one attached hydrogen (secondary N) is 1. The second kappa shape index (κ2) is 15.2. The number of sulfone groups is 1. The minimum absolute atomic E-state index is 0.0426. The third-order valence-corrected chi connectivity index (χ3v) is 7.05. The molecule has 160 valence electrons. The molecule has 0 aromatic carbocycles. The van der Waals surface area contributed by atoms with Crippen LogP contribution in [0.4, 0.5) is 4.79 Å². The number of carbonyl (C=O) groups excluding carboxylic acids is 1. The molecule has 1 rings (SSSR count). The van der Waals surface area contributed by atoms with E-state index in [0.717, 1.165) is 12.8 Å². The molecule has 0 saturated carbocycles. The molecule has 0 aromatic heterocycles. The van der Waals surface area contributed by atoms with Crippen molar-refractivity contribution in [2.45, 2.75) is 109 Å². The van der Waals surface area contributed by atoms with Crippen LogP contribution in [0.2, 0.25) is 0 Å². The highest BCUT2D eigenvalue weighted by Crippen LogP contribution is 2.13. The van der Waals surface area contributed by atoms with Gasteiger partial charge in [-0.05, 0) is 12.8 Å². The van der Waals surface area contributed by atoms with E-state index in [-0.39, 0.29) is 17.5 Å². The van der Waals surface area contributed by atoms with Gasteiger partial charge in [-0.3, -0.25) is 0 Å². The van der Waals surface area contributed by atoms with Crippen LogP contribution >= 0.6 is 0 Å². The monoisotopic (exact) mass is 403 g/mol. The highest BCUT2D eigenvalue weighted by Gasteiger charge is 2.29. The van der Waals surface area contributed by atoms with Crippen LogP contribution in [-0.4, -0.2) is 38.7 Å². The molecule has 1 N–H and O–H groups in total. The van der Waals surface area contributed by atoms with Crippen LogP contribution in [0.3, 0.4) is 0 Å². The Balaban J connectivity index is 1.78. The van der Waals surface area contributed by atoms with Crippen molar-refractivity contribution in [2.24, 2.45) is 0 Å². The number of hydrogen-bond donors (Lipinski definition) is 1. The van der Waals surface area contributed by atoms with Crippen molar-refractivity contribution in [1.82, 2.24) is 5.32 Å². The van der Waals surface area contributed by atoms with Crippen LogP contribution in [0, 0.1) is 0 Å². The highest BCUT2D eigenvalue weighted by atomic mass is 32.2. The van der Waals surface area contributed by atoms with E-state index < -0.39 is 15.9 Å². The van der Waals surface area contributed by atoms with Crippen LogP contribution < -0.4 is 5.32 Å². The molecule has 1 saturated heterocycles. The zero-order valence-corrected chi connectivity index (χ0v) is 18.2. The van der Waals surface area contributed by atoms with Crippen molar-refractivity contribution in [2.75, 3.05) is 18.1 Å². The maximum Gasteiger partial charge on any atom is 0.407 e. The molecule has 1 aliphatic rings. The second-order valence-corrected chi connectivity index (χ2v) is 10.2. The first-order valence-electron chi connectivity index (χ1n) is 11.2. The van der Waals surface area contributed by atoms with Crippen LogP contribution in [0.25, 0.3) is 0 Å². The summed E-state index contributed by atoms with van der Waals surface area (Å²) in [6.45, 7) is 2.68. The van der Waals surface area contributed by atoms with Gasteiger partial charge < -0.3 is 10.1 Å². The first-order chi connectivity index (χ1) is 13.0. The molecule has 1 unspecified atom stereocenters. The van der Waals surface area contributed by atoms with Gasteiger partial charge in [0.05, 0.1) is 18.1 Å². The Bertz CT molecular complexity index is 479. The normalized spacial score (nSPS) is 18.5. The fraction of sp³-hybridized carbons (Fsp3) is 0.952. The lowest BCUT2D eigenvalue weighted by Crippen LogP contribution is -2.36. The number of alkyl carbamates (subject to hydrolysis) is 1. The maximum absolute atomic E-state index is 11.6. The third-order valence-electron chi connectivity index (χ3n) is 5.29. The first kappa shape index (κ1) is 24.3. The number of amides is 1. The van der Waals surface area contributed by atoms with Gasteiger partial charge in [0.15, 0.2) is 9.84 Å². The average Bonchev–Trinajstić information content (AvgIpc) is 2.96. The molecule has 0 bridgehead atoms. The van der Waals surface area contributed by atoms with Crippen LogP contribution in [0.1, 0.15) is 103 Å². The van der Waals surface area contributed by atoms with Gasteiger partial charge in [0.2, 0.25) is 0 Å². The molecule has 1 fully saturated rings. The minimum atomic E-state index is -2.96. The first-order valence-corrected chi connectivity index (χ1v) is 13.0. The van der Waals surface area contributed by atoms with Crippen molar-refractivity contribution in [1.29, 1.82) is 0 Å². The molecule has 1 aliphatic heterocycles. The summed E-state index contributed by atoms with van der Waals surface area (Å²) >= 11 is 0. The smallest absolute Gasteiger partial charge is 0.407 e. The van der Waals surface area contributed by atoms with Crippen LogP contribution in [-0.2, 0) is 14.6 Å². The zero-order chi connectivity index (χ0) is 19.8. The van der Waals surface area contributed by atoms with Gasteiger partial charge in [0.1, 0.15) is 0 Å². The van der Waals surface area contributed by atoms with Crippen molar-refractivity contribution in [3.05, 3.63) is 0 Å². The molecule has 1 amide bonds. The van der Waals surface area contributed by atoms with Crippen molar-refractivity contribution < 1.29 is 17.9 Å². The lowest BCUT2D eigenvalue weighted by atomic mass is 10.0. The SMILES string of the molecule is CCCCCCCCCCCCCCCCOC(=O)NC1CCS(=O)(=O)C1. The number of carbonyl (C=O) groups is 1. The van der Waals surface area contributed by atoms with Crippen molar-refractivity contribution in [3.63, 3.8) is 0 Å². The Morgan fingerprint density at radius 1 is 0.852 bits per heavy atom. The van der Waals surface area contributed by atoms with Crippen molar-refractivity contribution in [3.8, 4) is 0 Å². The summed E-state index contributed by atoms with van der Waals surface area (Å²) in [6, 6.07) is -0.279. The Morgan fingerprint density at radius 3 is 1.78 bits per heavy atom. The number of ether oxygens (including phenoxy) is 1. The number of hydrogen-bond acceptors (Lipinski definition) is 4. The largest absolute Gasteiger partial charge is 0.450 e. The van der Waals surface area contributed by atoms with Crippen LogP contribution in [0.15, 0.2) is 0 Å². The number of rotatable bonds is 16. The van der Waals surface area contributed by atoms with E-state index in [1.807, 2.05) is 0 Å². The summed E-state index contributed by atoms with van der Waals surface area (Å²) in [5, 5.41) is 2.64. The van der Waals surface area contributed by atoms with Crippen molar-refractivity contribution >= 4 is 15.9 Å². The Labute approximate surface area is 166 Å². The molecule has 1 heterocycles. The van der Waals surface area contributed by atoms with Gasteiger partial charge in [0.25, 0.3) is 0 Å². The summed E-state index contributed by atoms with van der Waals surface area (Å²) in [5.41, 5.74) is 0. The molecule has 0 aliphatic carbocycles. The van der Waals surface area contributed by atoms with Gasteiger partial charge in [-0.2, -0.15) is 0 Å². The Morgan fingerprint density at radius 2 is 1.33 bits per heavy atom. The molecule has 0 radical (unpaired) electrons. The quantitative estimate of drug-likeness (QED) is 0.351. The Kier molecular flexibility index (Phi) is 13.6. The lowest BCUT2D eigenvalue weighted by Gasteiger charge is -2.11. The van der Waals surface area contributed by atoms with Gasteiger partial charge in [0, 0.05) is 6.04 Å². The summed E-state index contributed by atoms with van der Waals surface area (Å²) in [6.07, 6.45) is 18.2. The predicted octanol–water partition coefficient (Wildman–Crippen LogP) is 5.38. The summed E-state index contributed by atoms with van der Waals surface area (Å²) in [4.78, 5) is 11.6. The fourth-order valence-corrected chi connectivity index (χ4v) is 5.25. The van der Waals surface area contributed by atoms with E-state index in [2.05, 4.69) is 12.2 Å². The standard InChI is InChI=1S/C21H41NO4S/c1-2-3-4-5-6-7-8-9-10-11-12-13-14-15-17-26-21(23)22-20-16-18-27(24,25)19-20/h20H,2-19H2,1H3,(H,22,23). The van der Waals surface area contributed by atoms with E-state index in [4.69, 9.17) is 4.74 Å². The van der Waals surface area contributed by atoms with Gasteiger partial charge >= 0.3 is 6.09 Å². The van der Waals surface area contributed by atoms with Crippen LogP contribution in [0.5, 0.6) is 0 Å². The molecule has 6 heteroatoms. The molecule has 1 atom stereocenters. The molecular weight excluding hydrogens is 362 g/mol. The summed E-state index contributed by atoms with van der Waals surface area (Å²) in [7, 11) is -2.96. The van der Waals surface area contributed by atoms with E-state index in [0.29, 0.717) is 13.0 Å². The van der Waals surface area contributed by atoms with E-state index in [9.17, 15) is 13.2 Å². The average molecular weight is 404 g/mol. The minimum Gasteiger partial charge on any atom is -0.450 e. The summed E-state index contributed by atoms with van der Waals surface area (Å²) < 4.78 is 27.8. The summed E-state index contributed by atoms with van der Waals surface area (Å²) in [5.74, 6) is 0.206. The van der Waals surface area contributed by atoms with E-state index >= 15 is 0 Å². The van der Waals surface area contributed by atoms with Gasteiger partial charge in [-0.15, -0.1) is 0 Å². The zero-order valence-electron chi connectivity index (χ0n) is 17.3. The van der Waals surface area contributed by atoms with Gasteiger partial charge in [-0.1, -0.05) is 90.4 Å². The Hall–Kier alpha value is -0.780. The molecule has 0 spiro atoms. The molecule has 0 aromatic rings. The van der Waals surface area contributed by atoms with Gasteiger partial charge in [-0.25, -0.2) is 13.2 Å². The molecule has 27 heavy (non-hydrogen) atoms.